The summed E-state index contributed by atoms with van der Waals surface area (Å²) in [4.78, 5) is 4.45. The van der Waals surface area contributed by atoms with Gasteiger partial charge in [-0.1, -0.05) is 12.1 Å². The van der Waals surface area contributed by atoms with Gasteiger partial charge in [-0.25, -0.2) is 0 Å². The minimum Gasteiger partial charge on any atom is -0.369 e. The highest BCUT2D eigenvalue weighted by Gasteiger charge is 2.38. The molecule has 5 heteroatoms. The molecule has 5 nitrogen and oxygen atoms in total. The molecule has 1 aliphatic carbocycles. The van der Waals surface area contributed by atoms with Crippen LogP contribution in [0, 0.1) is 5.92 Å². The van der Waals surface area contributed by atoms with Crippen LogP contribution in [0.1, 0.15) is 58.2 Å². The summed E-state index contributed by atoms with van der Waals surface area (Å²) >= 11 is 0. The third-order valence-electron chi connectivity index (χ3n) is 4.06. The van der Waals surface area contributed by atoms with Crippen LogP contribution in [0.5, 0.6) is 0 Å². The molecular weight excluding hydrogens is 230 g/mol. The molecular formula is C13H23N3O2. The summed E-state index contributed by atoms with van der Waals surface area (Å²) in [5.74, 6) is 1.85. The van der Waals surface area contributed by atoms with Crippen LogP contribution in [-0.2, 0) is 15.9 Å². The molecule has 0 saturated heterocycles. The smallest absolute Gasteiger partial charge is 0.258 e. The molecule has 2 rings (SSSR count). The van der Waals surface area contributed by atoms with E-state index in [0.29, 0.717) is 11.7 Å². The van der Waals surface area contributed by atoms with Crippen molar-refractivity contribution in [3.05, 3.63) is 11.7 Å². The Bertz CT molecular complexity index is 406. The fraction of sp³-hybridized carbons (Fsp3) is 0.846. The van der Waals surface area contributed by atoms with Crippen molar-refractivity contribution in [1.82, 2.24) is 10.1 Å². The zero-order valence-electron chi connectivity index (χ0n) is 11.7. The highest BCUT2D eigenvalue weighted by atomic mass is 16.5. The third kappa shape index (κ3) is 2.42. The van der Waals surface area contributed by atoms with Gasteiger partial charge in [0.2, 0.25) is 0 Å². The van der Waals surface area contributed by atoms with Gasteiger partial charge in [0.1, 0.15) is 5.60 Å². The molecule has 0 aromatic carbocycles. The van der Waals surface area contributed by atoms with Gasteiger partial charge in [-0.15, -0.1) is 0 Å². The SMILES string of the molecule is COC(C)(C)c1nc(C2(N)CCC(C)CC2)no1. The molecule has 0 bridgehead atoms. The number of hydrogen-bond donors (Lipinski definition) is 1. The van der Waals surface area contributed by atoms with Crippen LogP contribution in [0.2, 0.25) is 0 Å². The van der Waals surface area contributed by atoms with Gasteiger partial charge < -0.3 is 15.0 Å². The first-order chi connectivity index (χ1) is 8.37. The summed E-state index contributed by atoms with van der Waals surface area (Å²) in [6, 6.07) is 0. The second kappa shape index (κ2) is 4.63. The summed E-state index contributed by atoms with van der Waals surface area (Å²) in [6.07, 6.45) is 4.07. The van der Waals surface area contributed by atoms with Gasteiger partial charge in [0.25, 0.3) is 5.89 Å². The Morgan fingerprint density at radius 2 is 2.00 bits per heavy atom. The number of ether oxygens (including phenoxy) is 1. The lowest BCUT2D eigenvalue weighted by atomic mass is 9.77. The van der Waals surface area contributed by atoms with E-state index in [1.807, 2.05) is 13.8 Å². The van der Waals surface area contributed by atoms with E-state index in [1.54, 1.807) is 7.11 Å². The Kier molecular flexibility index (Phi) is 3.47. The van der Waals surface area contributed by atoms with E-state index in [4.69, 9.17) is 15.0 Å². The molecule has 18 heavy (non-hydrogen) atoms. The first-order valence-electron chi connectivity index (χ1n) is 6.56. The second-order valence-electron chi connectivity index (χ2n) is 5.98. The molecule has 102 valence electrons. The molecule has 0 unspecified atom stereocenters. The number of nitrogens with zero attached hydrogens (tertiary/aromatic N) is 2. The Labute approximate surface area is 108 Å². The zero-order valence-corrected chi connectivity index (χ0v) is 11.7. The largest absolute Gasteiger partial charge is 0.369 e. The van der Waals surface area contributed by atoms with Crippen LogP contribution in [-0.4, -0.2) is 17.3 Å². The van der Waals surface area contributed by atoms with Gasteiger partial charge in [0, 0.05) is 7.11 Å². The molecule has 0 spiro atoms. The minimum atomic E-state index is -0.566. The number of aromatic nitrogens is 2. The second-order valence-corrected chi connectivity index (χ2v) is 5.98. The normalized spacial score (nSPS) is 29.5. The highest BCUT2D eigenvalue weighted by molar-refractivity contribution is 5.07. The standard InChI is InChI=1S/C13H23N3O2/c1-9-5-7-13(14,8-6-9)10-15-11(18-16-10)12(2,3)17-4/h9H,5-8,14H2,1-4H3. The molecule has 1 saturated carbocycles. The van der Waals surface area contributed by atoms with Crippen LogP contribution in [0.3, 0.4) is 0 Å². The lowest BCUT2D eigenvalue weighted by molar-refractivity contribution is -0.00787. The number of rotatable bonds is 3. The van der Waals surface area contributed by atoms with Gasteiger partial charge in [-0.2, -0.15) is 4.98 Å². The molecule has 1 aromatic rings. The molecule has 1 heterocycles. The van der Waals surface area contributed by atoms with E-state index < -0.39 is 11.1 Å². The Morgan fingerprint density at radius 1 is 1.39 bits per heavy atom. The molecule has 2 N–H and O–H groups in total. The fourth-order valence-corrected chi connectivity index (χ4v) is 2.26. The molecule has 1 aromatic heterocycles. The van der Waals surface area contributed by atoms with E-state index in [9.17, 15) is 0 Å². The average molecular weight is 253 g/mol. The maximum atomic E-state index is 6.41. The van der Waals surface area contributed by atoms with Crippen molar-refractivity contribution in [2.24, 2.45) is 11.7 Å². The predicted molar refractivity (Wildman–Crippen MR) is 67.8 cm³/mol. The number of methoxy groups -OCH3 is 1. The van der Waals surface area contributed by atoms with Gasteiger partial charge in [-0.05, 0) is 45.4 Å². The van der Waals surface area contributed by atoms with Crippen LogP contribution in [0.25, 0.3) is 0 Å². The lowest BCUT2D eigenvalue weighted by Crippen LogP contribution is -2.41. The maximum absolute atomic E-state index is 6.41. The van der Waals surface area contributed by atoms with Crippen molar-refractivity contribution in [3.8, 4) is 0 Å². The van der Waals surface area contributed by atoms with Crippen molar-refractivity contribution < 1.29 is 9.26 Å². The van der Waals surface area contributed by atoms with Gasteiger partial charge in [-0.3, -0.25) is 0 Å². The topological polar surface area (TPSA) is 74.2 Å². The molecule has 1 fully saturated rings. The first kappa shape index (κ1) is 13.5. The Hall–Kier alpha value is -0.940. The van der Waals surface area contributed by atoms with E-state index >= 15 is 0 Å². The average Bonchev–Trinajstić information content (AvgIpc) is 2.84. The third-order valence-corrected chi connectivity index (χ3v) is 4.06. The number of hydrogen-bond acceptors (Lipinski definition) is 5. The van der Waals surface area contributed by atoms with Crippen molar-refractivity contribution in [3.63, 3.8) is 0 Å². The highest BCUT2D eigenvalue weighted by Crippen LogP contribution is 2.36. The first-order valence-corrected chi connectivity index (χ1v) is 6.56. The van der Waals surface area contributed by atoms with Crippen LogP contribution in [0.15, 0.2) is 4.52 Å². The van der Waals surface area contributed by atoms with E-state index in [0.717, 1.165) is 31.6 Å². The molecule has 0 atom stereocenters. The molecule has 1 aliphatic rings. The molecule has 0 aliphatic heterocycles. The summed E-state index contributed by atoms with van der Waals surface area (Å²) < 4.78 is 10.6. The lowest BCUT2D eigenvalue weighted by Gasteiger charge is -2.33. The molecule has 0 amide bonds. The fourth-order valence-electron chi connectivity index (χ4n) is 2.26. The van der Waals surface area contributed by atoms with Crippen LogP contribution in [0.4, 0.5) is 0 Å². The Morgan fingerprint density at radius 3 is 2.56 bits per heavy atom. The van der Waals surface area contributed by atoms with E-state index in [2.05, 4.69) is 17.1 Å². The van der Waals surface area contributed by atoms with Crippen molar-refractivity contribution in [2.75, 3.05) is 7.11 Å². The van der Waals surface area contributed by atoms with E-state index in [-0.39, 0.29) is 0 Å². The predicted octanol–water partition coefficient (Wildman–Crippen LogP) is 2.32. The summed E-state index contributed by atoms with van der Waals surface area (Å²) in [6.45, 7) is 6.06. The van der Waals surface area contributed by atoms with Crippen LogP contribution >= 0.6 is 0 Å². The van der Waals surface area contributed by atoms with Gasteiger partial charge in [0.05, 0.1) is 5.54 Å². The summed E-state index contributed by atoms with van der Waals surface area (Å²) in [5.41, 5.74) is 5.42. The quantitative estimate of drug-likeness (QED) is 0.894. The van der Waals surface area contributed by atoms with Gasteiger partial charge >= 0.3 is 0 Å². The van der Waals surface area contributed by atoms with Crippen molar-refractivity contribution >= 4 is 0 Å². The van der Waals surface area contributed by atoms with Crippen LogP contribution < -0.4 is 5.73 Å². The maximum Gasteiger partial charge on any atom is 0.258 e. The Balaban J connectivity index is 2.20. The summed E-state index contributed by atoms with van der Waals surface area (Å²) in [5, 5.41) is 4.06. The minimum absolute atomic E-state index is 0.432. The molecule has 0 radical (unpaired) electrons. The van der Waals surface area contributed by atoms with Crippen molar-refractivity contribution in [2.45, 2.75) is 57.6 Å². The number of nitrogens with two attached hydrogens (primary N) is 1. The van der Waals surface area contributed by atoms with E-state index in [1.165, 1.54) is 0 Å². The zero-order chi connectivity index (χ0) is 13.4. The van der Waals surface area contributed by atoms with Crippen molar-refractivity contribution in [1.29, 1.82) is 0 Å². The summed E-state index contributed by atoms with van der Waals surface area (Å²) in [7, 11) is 1.63. The van der Waals surface area contributed by atoms with Gasteiger partial charge in [0.15, 0.2) is 5.82 Å². The monoisotopic (exact) mass is 253 g/mol.